The summed E-state index contributed by atoms with van der Waals surface area (Å²) in [6.45, 7) is 4.10. The van der Waals surface area contributed by atoms with Crippen LogP contribution < -0.4 is 9.47 Å². The van der Waals surface area contributed by atoms with Crippen LogP contribution in [0.4, 0.5) is 0 Å². The van der Waals surface area contributed by atoms with E-state index in [9.17, 15) is 4.79 Å². The first-order chi connectivity index (χ1) is 8.15. The number of methoxy groups -OCH3 is 1. The Bertz CT molecular complexity index is 426. The summed E-state index contributed by atoms with van der Waals surface area (Å²) >= 11 is 0. The van der Waals surface area contributed by atoms with Crippen LogP contribution in [-0.2, 0) is 11.2 Å². The van der Waals surface area contributed by atoms with E-state index in [-0.39, 0.29) is 12.0 Å². The Balaban J connectivity index is 2.38. The van der Waals surface area contributed by atoms with Crippen LogP contribution >= 0.6 is 0 Å². The van der Waals surface area contributed by atoms with Crippen molar-refractivity contribution in [3.63, 3.8) is 0 Å². The van der Waals surface area contributed by atoms with Gasteiger partial charge < -0.3 is 14.3 Å². The predicted molar refractivity (Wildman–Crippen MR) is 65.9 cm³/mol. The minimum absolute atomic E-state index is 0.204. The zero-order valence-corrected chi connectivity index (χ0v) is 10.5. The molecule has 2 unspecified atom stereocenters. The van der Waals surface area contributed by atoms with Crippen molar-refractivity contribution in [3.8, 4) is 11.5 Å². The number of hydrogen-bond acceptors (Lipinski definition) is 3. The first-order valence-corrected chi connectivity index (χ1v) is 5.96. The number of rotatable bonds is 4. The molecular formula is C14H18O3. The highest BCUT2D eigenvalue weighted by molar-refractivity contribution is 5.55. The van der Waals surface area contributed by atoms with E-state index in [0.29, 0.717) is 6.42 Å². The normalized spacial score (nSPS) is 19.4. The third kappa shape index (κ3) is 2.28. The summed E-state index contributed by atoms with van der Waals surface area (Å²) in [5, 5.41) is 0. The van der Waals surface area contributed by atoms with E-state index in [2.05, 4.69) is 13.0 Å². The highest BCUT2D eigenvalue weighted by atomic mass is 16.5. The van der Waals surface area contributed by atoms with E-state index < -0.39 is 0 Å². The molecule has 0 aliphatic carbocycles. The van der Waals surface area contributed by atoms with Gasteiger partial charge in [0.1, 0.15) is 12.4 Å². The molecule has 0 radical (unpaired) electrons. The molecule has 92 valence electrons. The van der Waals surface area contributed by atoms with Gasteiger partial charge in [0.15, 0.2) is 11.5 Å². The molecule has 17 heavy (non-hydrogen) atoms. The molecule has 2 rings (SSSR count). The van der Waals surface area contributed by atoms with Gasteiger partial charge in [-0.05, 0) is 24.5 Å². The standard InChI is InChI=1S/C14H18O3/c1-9(4-5-15)11-7-12-6-10(2)17-14(12)13(8-11)16-3/h5,7-10H,4,6H2,1-3H3. The second-order valence-electron chi connectivity index (χ2n) is 4.65. The number of ether oxygens (including phenoxy) is 2. The van der Waals surface area contributed by atoms with Gasteiger partial charge in [-0.2, -0.15) is 0 Å². The molecule has 0 saturated carbocycles. The maximum atomic E-state index is 10.6. The van der Waals surface area contributed by atoms with Crippen molar-refractivity contribution in [2.24, 2.45) is 0 Å². The number of aldehydes is 1. The summed E-state index contributed by atoms with van der Waals surface area (Å²) in [6, 6.07) is 4.11. The average Bonchev–Trinajstić information content (AvgIpc) is 2.68. The zero-order valence-electron chi connectivity index (χ0n) is 10.5. The van der Waals surface area contributed by atoms with Gasteiger partial charge in [0.25, 0.3) is 0 Å². The fourth-order valence-electron chi connectivity index (χ4n) is 2.24. The van der Waals surface area contributed by atoms with Crippen molar-refractivity contribution in [1.29, 1.82) is 0 Å². The van der Waals surface area contributed by atoms with Crippen molar-refractivity contribution >= 4 is 6.29 Å². The molecule has 0 bridgehead atoms. The van der Waals surface area contributed by atoms with Crippen LogP contribution in [0, 0.1) is 0 Å². The Labute approximate surface area is 102 Å². The van der Waals surface area contributed by atoms with Crippen molar-refractivity contribution < 1.29 is 14.3 Å². The van der Waals surface area contributed by atoms with Crippen molar-refractivity contribution in [1.82, 2.24) is 0 Å². The smallest absolute Gasteiger partial charge is 0.164 e. The number of benzene rings is 1. The summed E-state index contributed by atoms with van der Waals surface area (Å²) in [7, 11) is 1.65. The van der Waals surface area contributed by atoms with Crippen LogP contribution in [-0.4, -0.2) is 19.5 Å². The van der Waals surface area contributed by atoms with Crippen LogP contribution in [0.25, 0.3) is 0 Å². The fourth-order valence-corrected chi connectivity index (χ4v) is 2.24. The second-order valence-corrected chi connectivity index (χ2v) is 4.65. The first kappa shape index (κ1) is 12.0. The van der Waals surface area contributed by atoms with Crippen LogP contribution in [0.1, 0.15) is 37.3 Å². The average molecular weight is 234 g/mol. The van der Waals surface area contributed by atoms with E-state index in [1.54, 1.807) is 7.11 Å². The Morgan fingerprint density at radius 3 is 3.00 bits per heavy atom. The lowest BCUT2D eigenvalue weighted by atomic mass is 9.95. The van der Waals surface area contributed by atoms with Gasteiger partial charge in [0.2, 0.25) is 0 Å². The van der Waals surface area contributed by atoms with Gasteiger partial charge in [0.05, 0.1) is 7.11 Å². The number of carbonyl (C=O) groups is 1. The van der Waals surface area contributed by atoms with Crippen LogP contribution in [0.5, 0.6) is 11.5 Å². The maximum absolute atomic E-state index is 10.6. The minimum atomic E-state index is 0.204. The Kier molecular flexibility index (Phi) is 3.36. The largest absolute Gasteiger partial charge is 0.493 e. The zero-order chi connectivity index (χ0) is 12.4. The first-order valence-electron chi connectivity index (χ1n) is 5.96. The Hall–Kier alpha value is -1.51. The molecule has 1 heterocycles. The summed E-state index contributed by atoms with van der Waals surface area (Å²) < 4.78 is 11.1. The van der Waals surface area contributed by atoms with E-state index in [1.165, 1.54) is 5.56 Å². The monoisotopic (exact) mass is 234 g/mol. The van der Waals surface area contributed by atoms with Crippen LogP contribution in [0.2, 0.25) is 0 Å². The topological polar surface area (TPSA) is 35.5 Å². The maximum Gasteiger partial charge on any atom is 0.164 e. The molecule has 0 fully saturated rings. The van der Waals surface area contributed by atoms with Gasteiger partial charge in [-0.1, -0.05) is 13.0 Å². The van der Waals surface area contributed by atoms with Crippen LogP contribution in [0.3, 0.4) is 0 Å². The number of fused-ring (bicyclic) bond motifs is 1. The molecule has 3 heteroatoms. The highest BCUT2D eigenvalue weighted by Gasteiger charge is 2.24. The molecule has 1 aliphatic heterocycles. The predicted octanol–water partition coefficient (Wildman–Crippen LogP) is 2.71. The summed E-state index contributed by atoms with van der Waals surface area (Å²) in [5.74, 6) is 1.87. The lowest BCUT2D eigenvalue weighted by Gasteiger charge is -2.13. The van der Waals surface area contributed by atoms with Gasteiger partial charge >= 0.3 is 0 Å². The quantitative estimate of drug-likeness (QED) is 0.751. The van der Waals surface area contributed by atoms with Gasteiger partial charge in [-0.25, -0.2) is 0 Å². The third-order valence-corrected chi connectivity index (χ3v) is 3.22. The van der Waals surface area contributed by atoms with E-state index in [0.717, 1.165) is 29.8 Å². The molecule has 0 amide bonds. The summed E-state index contributed by atoms with van der Waals surface area (Å²) in [4.78, 5) is 10.6. The molecule has 1 aromatic rings. The second kappa shape index (κ2) is 4.78. The molecule has 0 N–H and O–H groups in total. The molecule has 1 aliphatic rings. The number of hydrogen-bond donors (Lipinski definition) is 0. The third-order valence-electron chi connectivity index (χ3n) is 3.22. The van der Waals surface area contributed by atoms with Crippen molar-refractivity contribution in [3.05, 3.63) is 23.3 Å². The number of carbonyl (C=O) groups excluding carboxylic acids is 1. The SMILES string of the molecule is COc1cc(C(C)CC=O)cc2c1OC(C)C2. The molecular weight excluding hydrogens is 216 g/mol. The van der Waals surface area contributed by atoms with E-state index >= 15 is 0 Å². The summed E-state index contributed by atoms with van der Waals surface area (Å²) in [5.41, 5.74) is 2.33. The van der Waals surface area contributed by atoms with Gasteiger partial charge in [-0.15, -0.1) is 0 Å². The Morgan fingerprint density at radius 2 is 2.35 bits per heavy atom. The Morgan fingerprint density at radius 1 is 1.59 bits per heavy atom. The van der Waals surface area contributed by atoms with E-state index in [4.69, 9.17) is 9.47 Å². The fraction of sp³-hybridized carbons (Fsp3) is 0.500. The van der Waals surface area contributed by atoms with Gasteiger partial charge in [-0.3, -0.25) is 0 Å². The lowest BCUT2D eigenvalue weighted by Crippen LogP contribution is -2.05. The molecule has 3 nitrogen and oxygen atoms in total. The molecule has 1 aromatic carbocycles. The van der Waals surface area contributed by atoms with E-state index in [1.807, 2.05) is 13.0 Å². The van der Waals surface area contributed by atoms with Gasteiger partial charge in [0, 0.05) is 18.4 Å². The molecule has 2 atom stereocenters. The molecule has 0 aromatic heterocycles. The van der Waals surface area contributed by atoms with Crippen molar-refractivity contribution in [2.45, 2.75) is 38.7 Å². The minimum Gasteiger partial charge on any atom is -0.493 e. The van der Waals surface area contributed by atoms with Crippen LogP contribution in [0.15, 0.2) is 12.1 Å². The lowest BCUT2D eigenvalue weighted by molar-refractivity contribution is -0.108. The molecule has 0 spiro atoms. The van der Waals surface area contributed by atoms with Crippen molar-refractivity contribution in [2.75, 3.05) is 7.11 Å². The molecule has 0 saturated heterocycles. The summed E-state index contributed by atoms with van der Waals surface area (Å²) in [6.07, 6.45) is 2.62. The highest BCUT2D eigenvalue weighted by Crippen LogP contribution is 2.40.